The highest BCUT2D eigenvalue weighted by Gasteiger charge is 2.49. The van der Waals surface area contributed by atoms with E-state index in [-0.39, 0.29) is 17.2 Å². The maximum absolute atomic E-state index is 5.57. The third-order valence-electron chi connectivity index (χ3n) is 3.83. The Balaban J connectivity index is 5.27. The fourth-order valence-electron chi connectivity index (χ4n) is 2.40. The van der Waals surface area contributed by atoms with E-state index in [1.165, 1.54) is 0 Å². The molecule has 4 heteroatoms. The van der Waals surface area contributed by atoms with Crippen molar-refractivity contribution < 1.29 is 14.2 Å². The van der Waals surface area contributed by atoms with Gasteiger partial charge in [-0.2, -0.15) is 0 Å². The van der Waals surface area contributed by atoms with E-state index in [1.54, 1.807) is 21.3 Å². The van der Waals surface area contributed by atoms with Crippen LogP contribution in [0.25, 0.3) is 0 Å². The molecule has 0 heterocycles. The van der Waals surface area contributed by atoms with Crippen molar-refractivity contribution in [1.82, 2.24) is 0 Å². The zero-order valence-electron chi connectivity index (χ0n) is 11.4. The molecule has 3 atom stereocenters. The van der Waals surface area contributed by atoms with Crippen LogP contribution in [-0.2, 0) is 14.2 Å². The van der Waals surface area contributed by atoms with Crippen LogP contribution in [0.4, 0.5) is 0 Å². The van der Waals surface area contributed by atoms with Crippen molar-refractivity contribution in [3.63, 3.8) is 0 Å². The van der Waals surface area contributed by atoms with Crippen LogP contribution >= 0.6 is 0 Å². The van der Waals surface area contributed by atoms with Gasteiger partial charge < -0.3 is 14.2 Å². The predicted molar refractivity (Wildman–Crippen MR) is 70.2 cm³/mol. The molecule has 0 N–H and O–H groups in total. The molecule has 0 aromatic heterocycles. The Morgan fingerprint density at radius 3 is 1.44 bits per heavy atom. The Morgan fingerprint density at radius 2 is 1.25 bits per heavy atom. The van der Waals surface area contributed by atoms with Crippen LogP contribution < -0.4 is 0 Å². The monoisotopic (exact) mass is 246 g/mol. The lowest BCUT2D eigenvalue weighted by atomic mass is 10.7. The number of rotatable bonds is 8. The molecule has 0 aromatic rings. The molecule has 0 aliphatic rings. The van der Waals surface area contributed by atoms with E-state index in [4.69, 9.17) is 14.2 Å². The first kappa shape index (κ1) is 15.8. The Hall–Kier alpha value is -0.163. The van der Waals surface area contributed by atoms with Crippen molar-refractivity contribution in [2.75, 3.05) is 21.3 Å². The molecular weight excluding hydrogens is 220 g/mol. The molecule has 3 unspecified atom stereocenters. The fourth-order valence-corrected chi connectivity index (χ4v) is 7.19. The van der Waals surface area contributed by atoms with Crippen LogP contribution in [0, 0.1) is 0 Å². The first-order valence-corrected chi connectivity index (χ1v) is 8.14. The Kier molecular flexibility index (Phi) is 7.15. The summed E-state index contributed by atoms with van der Waals surface area (Å²) < 4.78 is 16.7. The molecule has 0 radical (unpaired) electrons. The Labute approximate surface area is 101 Å². The van der Waals surface area contributed by atoms with Gasteiger partial charge in [-0.15, -0.1) is 6.58 Å². The number of methoxy groups -OCH3 is 3. The third kappa shape index (κ3) is 2.94. The number of hydrogen-bond donors (Lipinski definition) is 0. The van der Waals surface area contributed by atoms with Gasteiger partial charge in [0.1, 0.15) is 0 Å². The molecule has 16 heavy (non-hydrogen) atoms. The summed E-state index contributed by atoms with van der Waals surface area (Å²) in [4.78, 5) is 0. The van der Waals surface area contributed by atoms with Gasteiger partial charge in [0.25, 0.3) is 0 Å². The standard InChI is InChI=1S/C12H26O3Si/c1-8-9-16(10(2)13-5,11(3)14-6)12(4)15-7/h8,10-12H,1,9H2,2-7H3. The van der Waals surface area contributed by atoms with Gasteiger partial charge in [0.2, 0.25) is 0 Å². The number of ether oxygens (including phenoxy) is 3. The molecule has 0 rings (SSSR count). The van der Waals surface area contributed by atoms with Crippen molar-refractivity contribution in [2.45, 2.75) is 44.0 Å². The average Bonchev–Trinajstić information content (AvgIpc) is 2.32. The van der Waals surface area contributed by atoms with Crippen molar-refractivity contribution in [3.8, 4) is 0 Å². The summed E-state index contributed by atoms with van der Waals surface area (Å²) in [6.07, 6.45) is 1.97. The molecule has 3 nitrogen and oxygen atoms in total. The molecular formula is C12H26O3Si. The third-order valence-corrected chi connectivity index (χ3v) is 10.1. The van der Waals surface area contributed by atoms with Gasteiger partial charge in [-0.25, -0.2) is 0 Å². The van der Waals surface area contributed by atoms with Crippen molar-refractivity contribution >= 4 is 8.07 Å². The molecule has 0 bridgehead atoms. The second kappa shape index (κ2) is 7.22. The van der Waals surface area contributed by atoms with E-state index >= 15 is 0 Å². The zero-order valence-corrected chi connectivity index (χ0v) is 12.4. The number of allylic oxidation sites excluding steroid dienone is 1. The minimum absolute atomic E-state index is 0.176. The Morgan fingerprint density at radius 1 is 0.938 bits per heavy atom. The largest absolute Gasteiger partial charge is 0.385 e. The van der Waals surface area contributed by atoms with Crippen LogP contribution in [0.3, 0.4) is 0 Å². The number of hydrogen-bond acceptors (Lipinski definition) is 3. The summed E-state index contributed by atoms with van der Waals surface area (Å²) in [5.74, 6) is 0. The lowest BCUT2D eigenvalue weighted by Gasteiger charge is -2.43. The summed E-state index contributed by atoms with van der Waals surface area (Å²) in [6, 6.07) is 0.937. The summed E-state index contributed by atoms with van der Waals surface area (Å²) >= 11 is 0. The average molecular weight is 246 g/mol. The molecule has 0 amide bonds. The molecule has 0 spiro atoms. The SMILES string of the molecule is C=CC[Si](C(C)OC)(C(C)OC)C(C)OC. The van der Waals surface area contributed by atoms with Gasteiger partial charge in [0, 0.05) is 21.3 Å². The van der Waals surface area contributed by atoms with Gasteiger partial charge in [0.05, 0.1) is 17.2 Å². The summed E-state index contributed by atoms with van der Waals surface area (Å²) in [7, 11) is 3.36. The van der Waals surface area contributed by atoms with E-state index in [0.29, 0.717) is 0 Å². The second-order valence-corrected chi connectivity index (χ2v) is 9.31. The first-order valence-electron chi connectivity index (χ1n) is 5.70. The quantitative estimate of drug-likeness (QED) is 0.486. The summed E-state index contributed by atoms with van der Waals surface area (Å²) in [6.45, 7) is 10.2. The fraction of sp³-hybridized carbons (Fsp3) is 0.833. The van der Waals surface area contributed by atoms with Crippen LogP contribution in [0.5, 0.6) is 0 Å². The van der Waals surface area contributed by atoms with Gasteiger partial charge in [0.15, 0.2) is 8.07 Å². The zero-order chi connectivity index (χ0) is 12.8. The topological polar surface area (TPSA) is 27.7 Å². The lowest BCUT2D eigenvalue weighted by Crippen LogP contribution is -2.64. The van der Waals surface area contributed by atoms with E-state index in [1.807, 2.05) is 6.08 Å². The van der Waals surface area contributed by atoms with Gasteiger partial charge in [-0.3, -0.25) is 0 Å². The molecule has 96 valence electrons. The minimum Gasteiger partial charge on any atom is -0.385 e. The molecule has 0 saturated carbocycles. The normalized spacial score (nSPS) is 20.9. The maximum Gasteiger partial charge on any atom is 0.154 e. The second-order valence-electron chi connectivity index (χ2n) is 4.24. The van der Waals surface area contributed by atoms with Crippen molar-refractivity contribution in [3.05, 3.63) is 12.7 Å². The van der Waals surface area contributed by atoms with E-state index in [0.717, 1.165) is 6.04 Å². The molecule has 0 aliphatic heterocycles. The molecule has 0 saturated heterocycles. The highest BCUT2D eigenvalue weighted by atomic mass is 28.3. The van der Waals surface area contributed by atoms with Crippen molar-refractivity contribution in [2.24, 2.45) is 0 Å². The van der Waals surface area contributed by atoms with Crippen LogP contribution in [0.1, 0.15) is 20.8 Å². The van der Waals surface area contributed by atoms with Crippen LogP contribution in [-0.4, -0.2) is 46.6 Å². The summed E-state index contributed by atoms with van der Waals surface area (Å²) in [5.41, 5.74) is 0.529. The maximum atomic E-state index is 5.57. The van der Waals surface area contributed by atoms with Crippen LogP contribution in [0.15, 0.2) is 12.7 Å². The summed E-state index contributed by atoms with van der Waals surface area (Å²) in [5, 5.41) is 0. The van der Waals surface area contributed by atoms with Crippen LogP contribution in [0.2, 0.25) is 6.04 Å². The highest BCUT2D eigenvalue weighted by Crippen LogP contribution is 2.28. The van der Waals surface area contributed by atoms with E-state index < -0.39 is 8.07 Å². The van der Waals surface area contributed by atoms with E-state index in [9.17, 15) is 0 Å². The molecule has 0 aliphatic carbocycles. The van der Waals surface area contributed by atoms with E-state index in [2.05, 4.69) is 27.4 Å². The first-order chi connectivity index (χ1) is 7.50. The molecule has 0 fully saturated rings. The van der Waals surface area contributed by atoms with Gasteiger partial charge >= 0.3 is 0 Å². The van der Waals surface area contributed by atoms with Gasteiger partial charge in [-0.05, 0) is 26.8 Å². The van der Waals surface area contributed by atoms with Gasteiger partial charge in [-0.1, -0.05) is 6.08 Å². The predicted octanol–water partition coefficient (Wildman–Crippen LogP) is 2.34. The highest BCUT2D eigenvalue weighted by molar-refractivity contribution is 6.83. The minimum atomic E-state index is -1.89. The molecule has 0 aromatic carbocycles. The van der Waals surface area contributed by atoms with Crippen molar-refractivity contribution in [1.29, 1.82) is 0 Å². The Bertz CT molecular complexity index is 182. The lowest BCUT2D eigenvalue weighted by molar-refractivity contribution is 0.0998. The smallest absolute Gasteiger partial charge is 0.154 e.